The molecule has 0 aliphatic rings. The number of nitrogens with one attached hydrogen (secondary N) is 1. The first-order chi connectivity index (χ1) is 18.6. The van der Waals surface area contributed by atoms with Crippen LogP contribution in [0.4, 0.5) is 10.1 Å². The highest BCUT2D eigenvalue weighted by molar-refractivity contribution is 7.92. The lowest BCUT2D eigenvalue weighted by Gasteiger charge is -2.35. The molecular weight excluding hydrogens is 529 g/mol. The van der Waals surface area contributed by atoms with Gasteiger partial charge in [0.05, 0.1) is 11.9 Å². The fraction of sp³-hybridized carbons (Fsp3) is 0.355. The predicted octanol–water partition coefficient (Wildman–Crippen LogP) is 4.76. The summed E-state index contributed by atoms with van der Waals surface area (Å²) in [5, 5.41) is 2.98. The number of nitrogens with zero attached hydrogens (tertiary/aromatic N) is 2. The third-order valence-corrected chi connectivity index (χ3v) is 7.46. The number of hydrogen-bond donors (Lipinski definition) is 1. The van der Waals surface area contributed by atoms with Crippen LogP contribution in [0.3, 0.4) is 0 Å². The summed E-state index contributed by atoms with van der Waals surface area (Å²) in [7, 11) is -3.86. The SMILES string of the molecule is Cc1ccc(N(CC(=O)N(Cc2ccc(F)cc2)[C@H](Cc2ccccc2)C(=O)NC(C)(C)C)S(C)(=O)=O)c(C)c1. The predicted molar refractivity (Wildman–Crippen MR) is 157 cm³/mol. The van der Waals surface area contributed by atoms with Crippen molar-refractivity contribution in [2.75, 3.05) is 17.1 Å². The van der Waals surface area contributed by atoms with Gasteiger partial charge in [0.25, 0.3) is 0 Å². The lowest BCUT2D eigenvalue weighted by Crippen LogP contribution is -2.56. The quantitative estimate of drug-likeness (QED) is 0.383. The minimum atomic E-state index is -3.86. The molecule has 0 unspecified atom stereocenters. The molecule has 1 N–H and O–H groups in total. The minimum Gasteiger partial charge on any atom is -0.350 e. The van der Waals surface area contributed by atoms with Crippen LogP contribution in [-0.2, 0) is 32.6 Å². The largest absolute Gasteiger partial charge is 0.350 e. The number of amides is 2. The molecule has 9 heteroatoms. The Labute approximate surface area is 237 Å². The van der Waals surface area contributed by atoms with Crippen molar-refractivity contribution in [3.05, 3.63) is 101 Å². The van der Waals surface area contributed by atoms with Gasteiger partial charge in [-0.1, -0.05) is 60.2 Å². The van der Waals surface area contributed by atoms with Gasteiger partial charge in [-0.05, 0) is 69.5 Å². The molecule has 3 aromatic rings. The van der Waals surface area contributed by atoms with Gasteiger partial charge in [0.1, 0.15) is 18.4 Å². The molecule has 1 atom stereocenters. The first-order valence-corrected chi connectivity index (χ1v) is 14.9. The molecule has 214 valence electrons. The van der Waals surface area contributed by atoms with E-state index in [1.54, 1.807) is 31.2 Å². The Morgan fingerprint density at radius 1 is 0.925 bits per heavy atom. The molecule has 40 heavy (non-hydrogen) atoms. The third-order valence-electron chi connectivity index (χ3n) is 6.34. The summed E-state index contributed by atoms with van der Waals surface area (Å²) in [6.45, 7) is 8.72. The van der Waals surface area contributed by atoms with E-state index >= 15 is 0 Å². The number of sulfonamides is 1. The van der Waals surface area contributed by atoms with Crippen molar-refractivity contribution in [1.82, 2.24) is 10.2 Å². The van der Waals surface area contributed by atoms with E-state index in [2.05, 4.69) is 5.32 Å². The summed E-state index contributed by atoms with van der Waals surface area (Å²) in [5.74, 6) is -1.35. The Hall–Kier alpha value is -3.72. The molecule has 0 saturated heterocycles. The van der Waals surface area contributed by atoms with E-state index < -0.39 is 39.9 Å². The van der Waals surface area contributed by atoms with Crippen molar-refractivity contribution in [3.8, 4) is 0 Å². The van der Waals surface area contributed by atoms with Gasteiger partial charge in [-0.3, -0.25) is 13.9 Å². The fourth-order valence-electron chi connectivity index (χ4n) is 4.47. The second-order valence-electron chi connectivity index (χ2n) is 11.2. The number of rotatable bonds is 10. The molecule has 2 amide bonds. The highest BCUT2D eigenvalue weighted by Crippen LogP contribution is 2.25. The van der Waals surface area contributed by atoms with Crippen molar-refractivity contribution >= 4 is 27.5 Å². The molecule has 3 rings (SSSR count). The van der Waals surface area contributed by atoms with Crippen LogP contribution < -0.4 is 9.62 Å². The van der Waals surface area contributed by atoms with Crippen LogP contribution in [0, 0.1) is 19.7 Å². The Kier molecular flexibility index (Phi) is 9.73. The van der Waals surface area contributed by atoms with Crippen LogP contribution in [0.25, 0.3) is 0 Å². The molecule has 0 heterocycles. The van der Waals surface area contributed by atoms with Crippen LogP contribution in [0.1, 0.15) is 43.0 Å². The van der Waals surface area contributed by atoms with Gasteiger partial charge in [0.15, 0.2) is 0 Å². The summed E-state index contributed by atoms with van der Waals surface area (Å²) in [6, 6.07) is 19.4. The molecule has 0 aliphatic carbocycles. The molecule has 0 aromatic heterocycles. The Balaban J connectivity index is 2.09. The number of halogens is 1. The first kappa shape index (κ1) is 30.8. The van der Waals surface area contributed by atoms with Gasteiger partial charge in [0.2, 0.25) is 21.8 Å². The van der Waals surface area contributed by atoms with Crippen LogP contribution in [-0.4, -0.2) is 49.5 Å². The maximum atomic E-state index is 14.1. The molecule has 3 aromatic carbocycles. The van der Waals surface area contributed by atoms with E-state index in [1.165, 1.54) is 17.0 Å². The second-order valence-corrected chi connectivity index (χ2v) is 13.1. The lowest BCUT2D eigenvalue weighted by molar-refractivity contribution is -0.140. The maximum Gasteiger partial charge on any atom is 0.244 e. The number of benzene rings is 3. The van der Waals surface area contributed by atoms with Gasteiger partial charge >= 0.3 is 0 Å². The lowest BCUT2D eigenvalue weighted by atomic mass is 10.0. The molecule has 0 radical (unpaired) electrons. The molecule has 0 spiro atoms. The number of aryl methyl sites for hydroxylation is 2. The van der Waals surface area contributed by atoms with Crippen LogP contribution in [0.2, 0.25) is 0 Å². The zero-order valence-electron chi connectivity index (χ0n) is 23.9. The monoisotopic (exact) mass is 567 g/mol. The normalized spacial score (nSPS) is 12.5. The molecule has 0 fully saturated rings. The van der Waals surface area contributed by atoms with E-state index in [0.717, 1.165) is 21.7 Å². The standard InChI is InChI=1S/C31H38FN3O4S/c1-22-12-17-27(23(2)18-22)35(40(6,38)39)21-29(36)34(20-25-13-15-26(32)16-14-25)28(30(37)33-31(3,4)5)19-24-10-8-7-9-11-24/h7-18,28H,19-21H2,1-6H3,(H,33,37)/t28-/m1/s1. The van der Waals surface area contributed by atoms with Gasteiger partial charge < -0.3 is 10.2 Å². The first-order valence-electron chi connectivity index (χ1n) is 13.1. The summed E-state index contributed by atoms with van der Waals surface area (Å²) in [5.41, 5.74) is 2.92. The van der Waals surface area contributed by atoms with Crippen LogP contribution in [0.5, 0.6) is 0 Å². The smallest absolute Gasteiger partial charge is 0.244 e. The van der Waals surface area contributed by atoms with Crippen molar-refractivity contribution in [3.63, 3.8) is 0 Å². The second kappa shape index (κ2) is 12.6. The van der Waals surface area contributed by atoms with E-state index in [-0.39, 0.29) is 18.9 Å². The van der Waals surface area contributed by atoms with Gasteiger partial charge in [-0.25, -0.2) is 12.8 Å². The maximum absolute atomic E-state index is 14.1. The Bertz CT molecular complexity index is 1440. The van der Waals surface area contributed by atoms with Crippen molar-refractivity contribution in [2.24, 2.45) is 0 Å². The highest BCUT2D eigenvalue weighted by Gasteiger charge is 2.34. The highest BCUT2D eigenvalue weighted by atomic mass is 32.2. The van der Waals surface area contributed by atoms with Gasteiger partial charge in [-0.15, -0.1) is 0 Å². The van der Waals surface area contributed by atoms with Crippen molar-refractivity contribution in [2.45, 2.75) is 59.2 Å². The van der Waals surface area contributed by atoms with E-state index in [9.17, 15) is 22.4 Å². The van der Waals surface area contributed by atoms with Crippen molar-refractivity contribution in [1.29, 1.82) is 0 Å². The molecule has 0 saturated carbocycles. The number of carbonyl (C=O) groups excluding carboxylic acids is 2. The number of anilines is 1. The Morgan fingerprint density at radius 2 is 1.55 bits per heavy atom. The molecule has 0 bridgehead atoms. The summed E-state index contributed by atoms with van der Waals surface area (Å²) >= 11 is 0. The zero-order chi connectivity index (χ0) is 29.7. The summed E-state index contributed by atoms with van der Waals surface area (Å²) < 4.78 is 40.6. The Morgan fingerprint density at radius 3 is 2.10 bits per heavy atom. The molecule has 7 nitrogen and oxygen atoms in total. The number of hydrogen-bond acceptors (Lipinski definition) is 4. The van der Waals surface area contributed by atoms with E-state index in [0.29, 0.717) is 16.8 Å². The molecule has 0 aliphatic heterocycles. The topological polar surface area (TPSA) is 86.8 Å². The minimum absolute atomic E-state index is 0.0152. The van der Waals surface area contributed by atoms with E-state index in [1.807, 2.05) is 64.1 Å². The van der Waals surface area contributed by atoms with Crippen LogP contribution in [0.15, 0.2) is 72.8 Å². The van der Waals surface area contributed by atoms with Crippen LogP contribution >= 0.6 is 0 Å². The average molecular weight is 568 g/mol. The fourth-order valence-corrected chi connectivity index (χ4v) is 5.38. The third kappa shape index (κ3) is 8.64. The van der Waals surface area contributed by atoms with Gasteiger partial charge in [-0.2, -0.15) is 0 Å². The van der Waals surface area contributed by atoms with Gasteiger partial charge in [0, 0.05) is 18.5 Å². The summed E-state index contributed by atoms with van der Waals surface area (Å²) in [6.07, 6.45) is 1.26. The average Bonchev–Trinajstić information content (AvgIpc) is 2.85. The number of carbonyl (C=O) groups is 2. The molecular formula is C31H38FN3O4S. The van der Waals surface area contributed by atoms with Crippen molar-refractivity contribution < 1.29 is 22.4 Å². The summed E-state index contributed by atoms with van der Waals surface area (Å²) in [4.78, 5) is 29.2. The zero-order valence-corrected chi connectivity index (χ0v) is 24.8. The van der Waals surface area contributed by atoms with E-state index in [4.69, 9.17) is 0 Å².